The molecule has 1 heterocycles. The number of hydrogen-bond acceptors (Lipinski definition) is 3. The maximum Gasteiger partial charge on any atom is 0.227 e. The van der Waals surface area contributed by atoms with Crippen molar-refractivity contribution in [3.63, 3.8) is 0 Å². The van der Waals surface area contributed by atoms with Crippen molar-refractivity contribution in [2.24, 2.45) is 11.7 Å². The Morgan fingerprint density at radius 2 is 1.78 bits per heavy atom. The van der Waals surface area contributed by atoms with Crippen molar-refractivity contribution < 1.29 is 9.53 Å². The summed E-state index contributed by atoms with van der Waals surface area (Å²) in [5, 5.41) is 0. The molecule has 1 aromatic rings. The summed E-state index contributed by atoms with van der Waals surface area (Å²) in [4.78, 5) is 14.6. The first kappa shape index (κ1) is 16.3. The van der Waals surface area contributed by atoms with Crippen molar-refractivity contribution in [1.29, 1.82) is 0 Å². The molecule has 1 aliphatic heterocycles. The van der Waals surface area contributed by atoms with Crippen LogP contribution in [0, 0.1) is 19.8 Å². The topological polar surface area (TPSA) is 55.6 Å². The van der Waals surface area contributed by atoms with Crippen LogP contribution in [0.2, 0.25) is 0 Å². The van der Waals surface area contributed by atoms with E-state index in [0.717, 1.165) is 50.9 Å². The normalized spacial score (nSPS) is 25.6. The number of benzene rings is 1. The van der Waals surface area contributed by atoms with Crippen LogP contribution in [0.4, 0.5) is 0 Å². The van der Waals surface area contributed by atoms with Crippen LogP contribution in [0.15, 0.2) is 18.2 Å². The number of carbonyl (C=O) groups is 1. The molecule has 2 N–H and O–H groups in total. The number of nitrogens with two attached hydrogens (primary N) is 1. The summed E-state index contributed by atoms with van der Waals surface area (Å²) in [7, 11) is 0. The summed E-state index contributed by atoms with van der Waals surface area (Å²) in [5.41, 5.74) is 8.44. The predicted molar refractivity (Wildman–Crippen MR) is 91.5 cm³/mol. The first-order valence-electron chi connectivity index (χ1n) is 8.83. The molecule has 23 heavy (non-hydrogen) atoms. The zero-order chi connectivity index (χ0) is 16.4. The minimum absolute atomic E-state index is 0.0473. The number of piperidine rings is 1. The molecule has 2 fully saturated rings. The van der Waals surface area contributed by atoms with Gasteiger partial charge in [0.1, 0.15) is 11.9 Å². The summed E-state index contributed by atoms with van der Waals surface area (Å²) in [6.07, 6.45) is 5.05. The van der Waals surface area contributed by atoms with E-state index in [1.54, 1.807) is 0 Å². The number of likely N-dealkylation sites (tertiary alicyclic amines) is 1. The fourth-order valence-corrected chi connectivity index (χ4v) is 3.88. The van der Waals surface area contributed by atoms with Gasteiger partial charge in [0, 0.05) is 32.0 Å². The summed E-state index contributed by atoms with van der Waals surface area (Å²) >= 11 is 0. The summed E-state index contributed by atoms with van der Waals surface area (Å²) in [5.74, 6) is 1.32. The van der Waals surface area contributed by atoms with Crippen LogP contribution in [-0.4, -0.2) is 36.0 Å². The van der Waals surface area contributed by atoms with Crippen LogP contribution < -0.4 is 10.5 Å². The fraction of sp³-hybridized carbons (Fsp3) is 0.632. The van der Waals surface area contributed by atoms with Gasteiger partial charge in [0.05, 0.1) is 5.92 Å². The van der Waals surface area contributed by atoms with E-state index < -0.39 is 0 Å². The Morgan fingerprint density at radius 1 is 1.13 bits per heavy atom. The molecule has 3 rings (SSSR count). The fourth-order valence-electron chi connectivity index (χ4n) is 3.88. The number of nitrogens with zero attached hydrogens (tertiary/aromatic N) is 1. The lowest BCUT2D eigenvalue weighted by atomic mass is 10.00. The van der Waals surface area contributed by atoms with Crippen LogP contribution >= 0.6 is 0 Å². The number of ether oxygens (including phenoxy) is 1. The minimum Gasteiger partial charge on any atom is -0.490 e. The van der Waals surface area contributed by atoms with Gasteiger partial charge in [-0.3, -0.25) is 4.79 Å². The van der Waals surface area contributed by atoms with E-state index in [1.165, 1.54) is 11.1 Å². The number of rotatable bonds is 3. The van der Waals surface area contributed by atoms with E-state index in [2.05, 4.69) is 32.0 Å². The standard InChI is InChI=1S/C19H28N2O2/c1-13-5-3-6-14(2)18(13)23-15-9-11-21(12-10-15)19(22)16-7-4-8-17(16)20/h3,5-6,15-17H,4,7-12,20H2,1-2H3. The number of aryl methyl sites for hydroxylation is 2. The van der Waals surface area contributed by atoms with E-state index in [0.29, 0.717) is 0 Å². The molecular weight excluding hydrogens is 288 g/mol. The van der Waals surface area contributed by atoms with Gasteiger partial charge in [0.2, 0.25) is 5.91 Å². The first-order chi connectivity index (χ1) is 11.1. The molecule has 0 radical (unpaired) electrons. The minimum atomic E-state index is 0.0473. The maximum absolute atomic E-state index is 12.6. The highest BCUT2D eigenvalue weighted by molar-refractivity contribution is 5.80. The number of para-hydroxylation sites is 1. The Morgan fingerprint density at radius 3 is 2.35 bits per heavy atom. The lowest BCUT2D eigenvalue weighted by Gasteiger charge is -2.34. The maximum atomic E-state index is 12.6. The Labute approximate surface area is 139 Å². The zero-order valence-corrected chi connectivity index (χ0v) is 14.3. The van der Waals surface area contributed by atoms with Crippen LogP contribution in [0.1, 0.15) is 43.2 Å². The van der Waals surface area contributed by atoms with E-state index >= 15 is 0 Å². The third-order valence-electron chi connectivity index (χ3n) is 5.33. The molecule has 0 spiro atoms. The number of amides is 1. The van der Waals surface area contributed by atoms with Crippen LogP contribution in [0.5, 0.6) is 5.75 Å². The van der Waals surface area contributed by atoms with Gasteiger partial charge in [-0.15, -0.1) is 0 Å². The first-order valence-corrected chi connectivity index (χ1v) is 8.83. The van der Waals surface area contributed by atoms with Gasteiger partial charge in [-0.25, -0.2) is 0 Å². The van der Waals surface area contributed by atoms with Crippen LogP contribution in [0.3, 0.4) is 0 Å². The summed E-state index contributed by atoms with van der Waals surface area (Å²) < 4.78 is 6.23. The van der Waals surface area contributed by atoms with E-state index in [1.807, 2.05) is 4.90 Å². The third-order valence-corrected chi connectivity index (χ3v) is 5.33. The van der Waals surface area contributed by atoms with Gasteiger partial charge in [-0.2, -0.15) is 0 Å². The molecule has 1 saturated heterocycles. The van der Waals surface area contributed by atoms with Gasteiger partial charge in [0.25, 0.3) is 0 Å². The molecule has 126 valence electrons. The number of hydrogen-bond donors (Lipinski definition) is 1. The Balaban J connectivity index is 1.55. The molecule has 1 aromatic carbocycles. The summed E-state index contributed by atoms with van der Waals surface area (Å²) in [6, 6.07) is 6.29. The van der Waals surface area contributed by atoms with Crippen molar-refractivity contribution >= 4 is 5.91 Å². The molecule has 2 unspecified atom stereocenters. The largest absolute Gasteiger partial charge is 0.490 e. The Bertz CT molecular complexity index is 544. The van der Waals surface area contributed by atoms with Crippen molar-refractivity contribution in [2.75, 3.05) is 13.1 Å². The monoisotopic (exact) mass is 316 g/mol. The Kier molecular flexibility index (Phi) is 4.90. The van der Waals surface area contributed by atoms with Gasteiger partial charge >= 0.3 is 0 Å². The van der Waals surface area contributed by atoms with Crippen molar-refractivity contribution in [3.05, 3.63) is 29.3 Å². The second-order valence-corrected chi connectivity index (χ2v) is 7.06. The lowest BCUT2D eigenvalue weighted by molar-refractivity contribution is -0.137. The zero-order valence-electron chi connectivity index (χ0n) is 14.3. The molecule has 1 saturated carbocycles. The van der Waals surface area contributed by atoms with Gasteiger partial charge < -0.3 is 15.4 Å². The SMILES string of the molecule is Cc1cccc(C)c1OC1CCN(C(=O)C2CCCC2N)CC1. The van der Waals surface area contributed by atoms with Crippen molar-refractivity contribution in [1.82, 2.24) is 4.90 Å². The van der Waals surface area contributed by atoms with Crippen LogP contribution in [-0.2, 0) is 4.79 Å². The molecule has 1 aliphatic carbocycles. The smallest absolute Gasteiger partial charge is 0.227 e. The van der Waals surface area contributed by atoms with E-state index in [9.17, 15) is 4.79 Å². The van der Waals surface area contributed by atoms with Gasteiger partial charge in [-0.05, 0) is 37.8 Å². The average Bonchev–Trinajstić information content (AvgIpc) is 2.97. The lowest BCUT2D eigenvalue weighted by Crippen LogP contribution is -2.47. The third kappa shape index (κ3) is 3.52. The molecule has 4 heteroatoms. The van der Waals surface area contributed by atoms with Crippen molar-refractivity contribution in [3.8, 4) is 5.75 Å². The second kappa shape index (κ2) is 6.91. The highest BCUT2D eigenvalue weighted by Crippen LogP contribution is 2.29. The molecule has 2 aliphatic rings. The summed E-state index contributed by atoms with van der Waals surface area (Å²) in [6.45, 7) is 5.75. The quantitative estimate of drug-likeness (QED) is 0.933. The molecule has 4 nitrogen and oxygen atoms in total. The molecule has 1 amide bonds. The van der Waals surface area contributed by atoms with Crippen LogP contribution in [0.25, 0.3) is 0 Å². The highest BCUT2D eigenvalue weighted by atomic mass is 16.5. The Hall–Kier alpha value is -1.55. The molecule has 0 bridgehead atoms. The second-order valence-electron chi connectivity index (χ2n) is 7.06. The molecule has 2 atom stereocenters. The van der Waals surface area contributed by atoms with Crippen molar-refractivity contribution in [2.45, 2.75) is 58.1 Å². The average molecular weight is 316 g/mol. The number of carbonyl (C=O) groups excluding carboxylic acids is 1. The molecule has 0 aromatic heterocycles. The molecular formula is C19H28N2O2. The van der Waals surface area contributed by atoms with Gasteiger partial charge in [-0.1, -0.05) is 24.6 Å². The van der Waals surface area contributed by atoms with E-state index in [4.69, 9.17) is 10.5 Å². The highest BCUT2D eigenvalue weighted by Gasteiger charge is 2.35. The predicted octanol–water partition coefficient (Wildman–Crippen LogP) is 2.80. The van der Waals surface area contributed by atoms with Gasteiger partial charge in [0.15, 0.2) is 0 Å². The van der Waals surface area contributed by atoms with E-state index in [-0.39, 0.29) is 24.0 Å².